The average molecular weight is 442 g/mol. The van der Waals surface area contributed by atoms with Crippen molar-refractivity contribution in [1.29, 1.82) is 0 Å². The van der Waals surface area contributed by atoms with Crippen molar-refractivity contribution in [2.75, 3.05) is 0 Å². The third-order valence-electron chi connectivity index (χ3n) is 5.33. The second-order valence-electron chi connectivity index (χ2n) is 8.36. The highest BCUT2D eigenvalue weighted by atomic mass is 28.2. The topological polar surface area (TPSA) is 0 Å². The molecule has 0 N–H and O–H groups in total. The zero-order valence-electron chi connectivity index (χ0n) is 27.2. The summed E-state index contributed by atoms with van der Waals surface area (Å²) in [6, 6.07) is 26.7. The van der Waals surface area contributed by atoms with Gasteiger partial charge in [0, 0.05) is 12.3 Å². The van der Waals surface area contributed by atoms with E-state index in [-0.39, 0.29) is 16.7 Å². The van der Waals surface area contributed by atoms with E-state index in [1.807, 2.05) is 43.3 Å². The Kier molecular flexibility index (Phi) is 4.31. The van der Waals surface area contributed by atoms with Crippen LogP contribution in [0.3, 0.4) is 0 Å². The summed E-state index contributed by atoms with van der Waals surface area (Å²) >= 11 is 0. The van der Waals surface area contributed by atoms with Gasteiger partial charge in [0.15, 0.2) is 0 Å². The normalized spacial score (nSPS) is 16.3. The first-order valence-electron chi connectivity index (χ1n) is 15.2. The Balaban J connectivity index is 1.69. The molecule has 0 spiro atoms. The lowest BCUT2D eigenvalue weighted by atomic mass is 9.95. The molecular formula is C31H32Si. The molecule has 0 unspecified atom stereocenters. The Morgan fingerprint density at radius 3 is 1.62 bits per heavy atom. The molecule has 4 aromatic rings. The lowest BCUT2D eigenvalue weighted by Gasteiger charge is -2.11. The van der Waals surface area contributed by atoms with Gasteiger partial charge in [0.25, 0.3) is 0 Å². The lowest BCUT2D eigenvalue weighted by molar-refractivity contribution is 1.11. The molecule has 160 valence electrons. The fourth-order valence-electron chi connectivity index (χ4n) is 4.13. The van der Waals surface area contributed by atoms with Gasteiger partial charge < -0.3 is 0 Å². The molecule has 0 fully saturated rings. The van der Waals surface area contributed by atoms with Gasteiger partial charge in [-0.25, -0.2) is 0 Å². The van der Waals surface area contributed by atoms with Gasteiger partial charge in [-0.1, -0.05) is 118 Å². The van der Waals surface area contributed by atoms with Crippen LogP contribution in [0.4, 0.5) is 0 Å². The van der Waals surface area contributed by atoms with E-state index in [0.717, 1.165) is 33.4 Å². The van der Waals surface area contributed by atoms with Crippen molar-refractivity contribution >= 4 is 14.7 Å². The molecule has 0 aliphatic heterocycles. The van der Waals surface area contributed by atoms with Crippen LogP contribution in [-0.2, 0) is 18.9 Å². The van der Waals surface area contributed by atoms with Crippen LogP contribution in [0.15, 0.2) is 84.9 Å². The molecule has 4 aromatic carbocycles. The van der Waals surface area contributed by atoms with E-state index in [0.29, 0.717) is 28.4 Å². The van der Waals surface area contributed by atoms with Gasteiger partial charge in [-0.2, -0.15) is 0 Å². The third-order valence-corrected chi connectivity index (χ3v) is 6.66. The summed E-state index contributed by atoms with van der Waals surface area (Å²) in [5, 5.41) is 1.20. The zero-order valence-corrected chi connectivity index (χ0v) is 19.2. The van der Waals surface area contributed by atoms with Crippen LogP contribution in [0.2, 0.25) is 0 Å². The van der Waals surface area contributed by atoms with Crippen LogP contribution < -0.4 is 5.19 Å². The summed E-state index contributed by atoms with van der Waals surface area (Å²) in [7, 11) is 0.494. The van der Waals surface area contributed by atoms with Crippen LogP contribution in [0, 0.1) is 27.5 Å². The van der Waals surface area contributed by atoms with Crippen molar-refractivity contribution in [2.45, 2.75) is 46.4 Å². The lowest BCUT2D eigenvalue weighted by Crippen LogP contribution is -2.16. The fourth-order valence-corrected chi connectivity index (χ4v) is 5.17. The number of aryl methyl sites for hydroxylation is 4. The largest absolute Gasteiger partial charge is 0.0855 e. The van der Waals surface area contributed by atoms with Gasteiger partial charge in [-0.05, 0) is 68.6 Å². The Bertz CT molecular complexity index is 1500. The Hall–Kier alpha value is -2.90. The van der Waals surface area contributed by atoms with Gasteiger partial charge in [0.2, 0.25) is 0 Å². The molecule has 0 heterocycles. The minimum Gasteiger partial charge on any atom is -0.0639 e. The standard InChI is InChI=1S/C31H32Si/c1-22-10-23(2)12-26(11-22)17-27-13-24(3)14-28(18-27)19-29-15-25(4)16-30(20-29)21-32-31-8-6-5-7-9-31/h5-16,18,20H,17,19,21H2,1-4H3/i1D3,3D3,4D3. The summed E-state index contributed by atoms with van der Waals surface area (Å²) < 4.78 is 71.6. The molecule has 0 saturated heterocycles. The predicted molar refractivity (Wildman–Crippen MR) is 139 cm³/mol. The smallest absolute Gasteiger partial charge is 0.0639 e. The van der Waals surface area contributed by atoms with E-state index < -0.39 is 20.6 Å². The molecule has 0 saturated carbocycles. The summed E-state index contributed by atoms with van der Waals surface area (Å²) in [6.07, 6.45) is 0.747. The highest BCUT2D eigenvalue weighted by Crippen LogP contribution is 2.20. The summed E-state index contributed by atoms with van der Waals surface area (Å²) in [6.45, 7) is -4.99. The zero-order chi connectivity index (χ0) is 30.0. The molecule has 0 atom stereocenters. The molecule has 0 aliphatic rings. The van der Waals surface area contributed by atoms with Crippen LogP contribution >= 0.6 is 0 Å². The Morgan fingerprint density at radius 1 is 0.562 bits per heavy atom. The molecule has 32 heavy (non-hydrogen) atoms. The fraction of sp³-hybridized carbons (Fsp3) is 0.226. The quantitative estimate of drug-likeness (QED) is 0.282. The van der Waals surface area contributed by atoms with Crippen molar-refractivity contribution in [3.63, 3.8) is 0 Å². The molecule has 0 amide bonds. The van der Waals surface area contributed by atoms with Gasteiger partial charge in [0.1, 0.15) is 0 Å². The minimum atomic E-state index is -2.33. The maximum absolute atomic E-state index is 8.05. The second kappa shape index (κ2) is 10.1. The Morgan fingerprint density at radius 2 is 1.03 bits per heavy atom. The number of hydrogen-bond acceptors (Lipinski definition) is 0. The van der Waals surface area contributed by atoms with E-state index in [2.05, 4.69) is 12.1 Å². The number of rotatable bonds is 7. The molecule has 0 aromatic heterocycles. The molecule has 0 nitrogen and oxygen atoms in total. The van der Waals surface area contributed by atoms with Crippen molar-refractivity contribution in [3.05, 3.63) is 135 Å². The molecule has 0 aliphatic carbocycles. The molecule has 1 heteroatoms. The van der Waals surface area contributed by atoms with E-state index in [1.54, 1.807) is 36.4 Å². The van der Waals surface area contributed by atoms with Crippen LogP contribution in [-0.4, -0.2) is 9.52 Å². The minimum absolute atomic E-state index is 0.200. The highest BCUT2D eigenvalue weighted by molar-refractivity contribution is 6.52. The van der Waals surface area contributed by atoms with Crippen LogP contribution in [0.5, 0.6) is 0 Å². The molecule has 2 radical (unpaired) electrons. The molecule has 0 bridgehead atoms. The summed E-state index contributed by atoms with van der Waals surface area (Å²) in [5.74, 6) is 0. The molecule has 4 rings (SSSR count). The van der Waals surface area contributed by atoms with Crippen LogP contribution in [0.25, 0.3) is 0 Å². The Labute approximate surface area is 208 Å². The monoisotopic (exact) mass is 441 g/mol. The SMILES string of the molecule is [2H]C([2H])([2H])c1cc(C)cc(Cc2cc(Cc3cc(C[Si]c4ccccc4)cc(C([2H])([2H])[2H])c3)cc(C([2H])([2H])[2H])c2)c1. The average Bonchev–Trinajstić information content (AvgIpc) is 2.86. The first-order valence-corrected chi connectivity index (χ1v) is 11.9. The van der Waals surface area contributed by atoms with Crippen molar-refractivity contribution < 1.29 is 12.3 Å². The summed E-state index contributed by atoms with van der Waals surface area (Å²) in [5.41, 5.74) is 5.60. The number of hydrogen-bond donors (Lipinski definition) is 0. The maximum atomic E-state index is 8.05. The van der Waals surface area contributed by atoms with Gasteiger partial charge in [-0.15, -0.1) is 0 Å². The highest BCUT2D eigenvalue weighted by Gasteiger charge is 2.06. The molecular weight excluding hydrogens is 400 g/mol. The van der Waals surface area contributed by atoms with Crippen molar-refractivity contribution in [2.24, 2.45) is 0 Å². The van der Waals surface area contributed by atoms with E-state index in [9.17, 15) is 0 Å². The van der Waals surface area contributed by atoms with Gasteiger partial charge in [-0.3, -0.25) is 0 Å². The predicted octanol–water partition coefficient (Wildman–Crippen LogP) is 6.63. The van der Waals surface area contributed by atoms with E-state index >= 15 is 0 Å². The maximum Gasteiger partial charge on any atom is 0.0855 e. The van der Waals surface area contributed by atoms with Gasteiger partial charge in [0.05, 0.1) is 9.52 Å². The van der Waals surface area contributed by atoms with Crippen molar-refractivity contribution in [3.8, 4) is 0 Å². The summed E-state index contributed by atoms with van der Waals surface area (Å²) in [4.78, 5) is 0. The second-order valence-corrected chi connectivity index (χ2v) is 9.64. The van der Waals surface area contributed by atoms with Crippen molar-refractivity contribution in [1.82, 2.24) is 0 Å². The van der Waals surface area contributed by atoms with Crippen LogP contribution in [0.1, 0.15) is 62.4 Å². The number of benzene rings is 4. The first-order chi connectivity index (χ1) is 19.1. The van der Waals surface area contributed by atoms with Gasteiger partial charge >= 0.3 is 0 Å². The van der Waals surface area contributed by atoms with E-state index in [4.69, 9.17) is 12.3 Å². The first kappa shape index (κ1) is 13.6. The third kappa shape index (κ3) is 6.31. The van der Waals surface area contributed by atoms with E-state index in [1.165, 1.54) is 5.19 Å².